The highest BCUT2D eigenvalue weighted by Gasteiger charge is 2.17. The molecule has 106 valence electrons. The van der Waals surface area contributed by atoms with Crippen LogP contribution < -0.4 is 5.73 Å². The molecule has 0 saturated carbocycles. The van der Waals surface area contributed by atoms with Crippen molar-refractivity contribution in [1.82, 2.24) is 10.2 Å². The minimum absolute atomic E-state index is 0.0775. The molecule has 0 aliphatic carbocycles. The molecule has 0 amide bonds. The normalized spacial score (nSPS) is 10.8. The van der Waals surface area contributed by atoms with Crippen molar-refractivity contribution >= 4 is 33.3 Å². The Morgan fingerprint density at radius 1 is 1.19 bits per heavy atom. The van der Waals surface area contributed by atoms with E-state index >= 15 is 0 Å². The molecule has 0 fully saturated rings. The molecule has 3 nitrogen and oxygen atoms in total. The van der Waals surface area contributed by atoms with E-state index in [4.69, 9.17) is 17.3 Å². The summed E-state index contributed by atoms with van der Waals surface area (Å²) in [5, 5.41) is 6.97. The van der Waals surface area contributed by atoms with Gasteiger partial charge >= 0.3 is 0 Å². The van der Waals surface area contributed by atoms with E-state index in [-0.39, 0.29) is 5.02 Å². The molecule has 0 spiro atoms. The van der Waals surface area contributed by atoms with Crippen molar-refractivity contribution in [2.45, 2.75) is 0 Å². The van der Waals surface area contributed by atoms with Crippen molar-refractivity contribution in [1.29, 1.82) is 0 Å². The minimum Gasteiger partial charge on any atom is -0.382 e. The molecule has 0 aliphatic rings. The van der Waals surface area contributed by atoms with Crippen LogP contribution in [0.15, 0.2) is 46.9 Å². The number of nitrogens with one attached hydrogen (secondary N) is 1. The first-order chi connectivity index (χ1) is 10.1. The summed E-state index contributed by atoms with van der Waals surface area (Å²) >= 11 is 9.21. The fraction of sp³-hybridized carbons (Fsp3) is 0. The third-order valence-corrected chi connectivity index (χ3v) is 4.14. The molecular formula is C15H10BrClFN3. The average molecular weight is 367 g/mol. The van der Waals surface area contributed by atoms with Gasteiger partial charge in [-0.25, -0.2) is 4.39 Å². The molecule has 1 heterocycles. The van der Waals surface area contributed by atoms with Gasteiger partial charge in [0.2, 0.25) is 0 Å². The Hall–Kier alpha value is -1.85. The number of anilines is 1. The topological polar surface area (TPSA) is 54.7 Å². The second-order valence-electron chi connectivity index (χ2n) is 4.47. The number of nitrogen functional groups attached to an aromatic ring is 1. The first kappa shape index (κ1) is 14.1. The lowest BCUT2D eigenvalue weighted by Gasteiger charge is -2.07. The molecule has 1 aromatic heterocycles. The minimum atomic E-state index is -0.486. The van der Waals surface area contributed by atoms with Crippen molar-refractivity contribution in [2.24, 2.45) is 0 Å². The van der Waals surface area contributed by atoms with E-state index in [9.17, 15) is 4.39 Å². The van der Waals surface area contributed by atoms with Crippen LogP contribution in [0.1, 0.15) is 0 Å². The van der Waals surface area contributed by atoms with E-state index in [1.54, 1.807) is 6.07 Å². The number of halogens is 3. The molecule has 3 rings (SSSR count). The average Bonchev–Trinajstić information content (AvgIpc) is 2.84. The van der Waals surface area contributed by atoms with Crippen LogP contribution in [0.2, 0.25) is 5.02 Å². The fourth-order valence-electron chi connectivity index (χ4n) is 2.15. The lowest BCUT2D eigenvalue weighted by Crippen LogP contribution is -1.90. The van der Waals surface area contributed by atoms with Gasteiger partial charge in [0.05, 0.1) is 16.3 Å². The third-order valence-electron chi connectivity index (χ3n) is 3.15. The zero-order valence-corrected chi connectivity index (χ0v) is 13.0. The second-order valence-corrected chi connectivity index (χ2v) is 5.73. The summed E-state index contributed by atoms with van der Waals surface area (Å²) in [4.78, 5) is 0. The Kier molecular flexibility index (Phi) is 3.69. The number of rotatable bonds is 2. The van der Waals surface area contributed by atoms with Crippen molar-refractivity contribution < 1.29 is 4.39 Å². The molecule has 0 unspecified atom stereocenters. The number of hydrogen-bond donors (Lipinski definition) is 2. The number of H-pyrrole nitrogens is 1. The zero-order chi connectivity index (χ0) is 15.0. The van der Waals surface area contributed by atoms with Gasteiger partial charge in [-0.3, -0.25) is 5.10 Å². The van der Waals surface area contributed by atoms with E-state index in [2.05, 4.69) is 26.1 Å². The lowest BCUT2D eigenvalue weighted by atomic mass is 10.0. The monoisotopic (exact) mass is 365 g/mol. The smallest absolute Gasteiger partial charge is 0.153 e. The first-order valence-corrected chi connectivity index (χ1v) is 7.29. The Balaban J connectivity index is 2.22. The van der Waals surface area contributed by atoms with Crippen molar-refractivity contribution in [3.05, 3.63) is 57.8 Å². The number of benzene rings is 2. The molecular weight excluding hydrogens is 357 g/mol. The highest BCUT2D eigenvalue weighted by Crippen LogP contribution is 2.38. The van der Waals surface area contributed by atoms with Crippen LogP contribution in [0.3, 0.4) is 0 Å². The molecule has 3 aromatic rings. The summed E-state index contributed by atoms with van der Waals surface area (Å²) in [6, 6.07) is 12.2. The van der Waals surface area contributed by atoms with Gasteiger partial charge < -0.3 is 5.73 Å². The fourth-order valence-corrected chi connectivity index (χ4v) is 2.75. The first-order valence-electron chi connectivity index (χ1n) is 6.12. The standard InChI is InChI=1S/C15H10BrClFN3/c16-10-4-2-1-3-9(10)13-14(20-21-15(13)19)8-5-6-11(17)12(18)7-8/h1-7H,(H3,19,20,21). The maximum absolute atomic E-state index is 13.7. The number of nitrogens with two attached hydrogens (primary N) is 1. The second kappa shape index (κ2) is 5.50. The van der Waals surface area contributed by atoms with Crippen LogP contribution in [0.4, 0.5) is 10.2 Å². The zero-order valence-electron chi connectivity index (χ0n) is 10.7. The van der Waals surface area contributed by atoms with Crippen molar-refractivity contribution in [2.75, 3.05) is 5.73 Å². The van der Waals surface area contributed by atoms with Crippen molar-refractivity contribution in [3.63, 3.8) is 0 Å². The maximum Gasteiger partial charge on any atom is 0.153 e. The van der Waals surface area contributed by atoms with Crippen LogP contribution in [-0.2, 0) is 0 Å². The van der Waals surface area contributed by atoms with Crippen LogP contribution in [0, 0.1) is 5.82 Å². The van der Waals surface area contributed by atoms with Crippen LogP contribution in [-0.4, -0.2) is 10.2 Å². The van der Waals surface area contributed by atoms with Gasteiger partial charge in [-0.1, -0.05) is 51.8 Å². The van der Waals surface area contributed by atoms with Gasteiger partial charge in [-0.05, 0) is 18.2 Å². The van der Waals surface area contributed by atoms with Gasteiger partial charge in [0.25, 0.3) is 0 Å². The van der Waals surface area contributed by atoms with Gasteiger partial charge in [0.1, 0.15) is 5.82 Å². The van der Waals surface area contributed by atoms with Crippen LogP contribution >= 0.6 is 27.5 Å². The molecule has 0 aliphatic heterocycles. The highest BCUT2D eigenvalue weighted by atomic mass is 79.9. The molecule has 0 saturated heterocycles. The molecule has 0 bridgehead atoms. The number of aromatic amines is 1. The molecule has 21 heavy (non-hydrogen) atoms. The predicted octanol–water partition coefficient (Wildman–Crippen LogP) is 4.88. The van der Waals surface area contributed by atoms with Crippen LogP contribution in [0.5, 0.6) is 0 Å². The highest BCUT2D eigenvalue weighted by molar-refractivity contribution is 9.10. The summed E-state index contributed by atoms with van der Waals surface area (Å²) in [6.45, 7) is 0. The SMILES string of the molecule is Nc1n[nH]c(-c2ccc(Cl)c(F)c2)c1-c1ccccc1Br. The third kappa shape index (κ3) is 2.54. The molecule has 6 heteroatoms. The summed E-state index contributed by atoms with van der Waals surface area (Å²) in [7, 11) is 0. The number of nitrogens with zero attached hydrogens (tertiary/aromatic N) is 1. The van der Waals surface area contributed by atoms with Crippen molar-refractivity contribution in [3.8, 4) is 22.4 Å². The van der Waals surface area contributed by atoms with Gasteiger partial charge in [0, 0.05) is 15.6 Å². The van der Waals surface area contributed by atoms with E-state index in [0.29, 0.717) is 17.1 Å². The van der Waals surface area contributed by atoms with E-state index in [1.807, 2.05) is 24.3 Å². The van der Waals surface area contributed by atoms with Gasteiger partial charge in [-0.15, -0.1) is 0 Å². The Morgan fingerprint density at radius 3 is 2.67 bits per heavy atom. The van der Waals surface area contributed by atoms with Gasteiger partial charge in [0.15, 0.2) is 5.82 Å². The Labute approximate surface area is 134 Å². The lowest BCUT2D eigenvalue weighted by molar-refractivity contribution is 0.628. The summed E-state index contributed by atoms with van der Waals surface area (Å²) < 4.78 is 14.6. The molecule has 2 aromatic carbocycles. The largest absolute Gasteiger partial charge is 0.382 e. The maximum atomic E-state index is 13.7. The van der Waals surface area contributed by atoms with Crippen LogP contribution in [0.25, 0.3) is 22.4 Å². The quantitative estimate of drug-likeness (QED) is 0.679. The van der Waals surface area contributed by atoms with E-state index in [0.717, 1.165) is 15.6 Å². The summed E-state index contributed by atoms with van der Waals surface area (Å²) in [6.07, 6.45) is 0. The molecule has 3 N–H and O–H groups in total. The van der Waals surface area contributed by atoms with E-state index < -0.39 is 5.82 Å². The summed E-state index contributed by atoms with van der Waals surface area (Å²) in [5.74, 6) is -0.132. The summed E-state index contributed by atoms with van der Waals surface area (Å²) in [5.41, 5.74) is 8.85. The molecule has 0 atom stereocenters. The predicted molar refractivity (Wildman–Crippen MR) is 86.5 cm³/mol. The van der Waals surface area contributed by atoms with Gasteiger partial charge in [-0.2, -0.15) is 5.10 Å². The Morgan fingerprint density at radius 2 is 1.95 bits per heavy atom. The Bertz CT molecular complexity index is 816. The number of aromatic nitrogens is 2. The number of hydrogen-bond acceptors (Lipinski definition) is 2. The van der Waals surface area contributed by atoms with E-state index in [1.165, 1.54) is 12.1 Å². The molecule has 0 radical (unpaired) electrons.